The van der Waals surface area contributed by atoms with E-state index in [9.17, 15) is 24.8 Å². The molecule has 3 aromatic carbocycles. The van der Waals surface area contributed by atoms with Crippen molar-refractivity contribution in [2.24, 2.45) is 5.92 Å². The zero-order valence-electron chi connectivity index (χ0n) is 39.5. The molecule has 16 nitrogen and oxygen atoms in total. The van der Waals surface area contributed by atoms with Gasteiger partial charge in [0.2, 0.25) is 11.8 Å². The highest BCUT2D eigenvalue weighted by molar-refractivity contribution is 7.99. The summed E-state index contributed by atoms with van der Waals surface area (Å²) in [5.41, 5.74) is 6.71. The zero-order chi connectivity index (χ0) is 48.2. The van der Waals surface area contributed by atoms with Crippen LogP contribution in [-0.2, 0) is 14.3 Å². The molecule has 1 unspecified atom stereocenters. The van der Waals surface area contributed by atoms with Crippen LogP contribution in [0.2, 0.25) is 0 Å². The molecule has 366 valence electrons. The number of hydrogen-bond acceptors (Lipinski definition) is 15. The Hall–Kier alpha value is -5.53. The molecule has 5 heterocycles. The molecule has 3 N–H and O–H groups in total. The van der Waals surface area contributed by atoms with Crippen molar-refractivity contribution in [3.05, 3.63) is 99.4 Å². The number of benzene rings is 3. The molecule has 5 aromatic rings. The highest BCUT2D eigenvalue weighted by Crippen LogP contribution is 2.47. The van der Waals surface area contributed by atoms with Crippen molar-refractivity contribution in [1.29, 1.82) is 0 Å². The monoisotopic (exact) mass is 979 g/mol. The van der Waals surface area contributed by atoms with Crippen LogP contribution in [0.25, 0.3) is 10.4 Å². The third-order valence-corrected chi connectivity index (χ3v) is 15.7. The lowest BCUT2D eigenvalue weighted by Crippen LogP contribution is -2.48. The van der Waals surface area contributed by atoms with Gasteiger partial charge in [0.1, 0.15) is 23.8 Å². The van der Waals surface area contributed by atoms with E-state index in [2.05, 4.69) is 25.7 Å². The molecule has 9 rings (SSSR count). The van der Waals surface area contributed by atoms with Gasteiger partial charge in [0.15, 0.2) is 5.76 Å². The second-order valence-corrected chi connectivity index (χ2v) is 21.0. The summed E-state index contributed by atoms with van der Waals surface area (Å²) in [6.07, 6.45) is 6.60. The van der Waals surface area contributed by atoms with Crippen LogP contribution < -0.4 is 20.1 Å². The number of aryl methyl sites for hydroxylation is 1. The van der Waals surface area contributed by atoms with E-state index < -0.39 is 18.1 Å². The van der Waals surface area contributed by atoms with Crippen molar-refractivity contribution in [2.75, 3.05) is 38.1 Å². The van der Waals surface area contributed by atoms with Crippen molar-refractivity contribution >= 4 is 52.0 Å². The summed E-state index contributed by atoms with van der Waals surface area (Å²) in [6.45, 7) is 11.4. The van der Waals surface area contributed by atoms with Crippen molar-refractivity contribution < 1.29 is 38.4 Å². The molecule has 0 radical (unpaired) electrons. The topological polar surface area (TPSA) is 195 Å². The number of aliphatic hydroxyl groups excluding tert-OH is 1. The number of hydrogen-bond donors (Lipinski definition) is 3. The van der Waals surface area contributed by atoms with Gasteiger partial charge in [-0.2, -0.15) is 0 Å². The number of anilines is 2. The predicted octanol–water partition coefficient (Wildman–Crippen LogP) is 9.44. The lowest BCUT2D eigenvalue weighted by Gasteiger charge is -2.40. The molecule has 1 aliphatic carbocycles. The summed E-state index contributed by atoms with van der Waals surface area (Å²) in [5, 5.41) is 32.5. The molecule has 4 atom stereocenters. The van der Waals surface area contributed by atoms with Gasteiger partial charge in [-0.05, 0) is 99.0 Å². The van der Waals surface area contributed by atoms with E-state index in [1.165, 1.54) is 22.7 Å². The van der Waals surface area contributed by atoms with Crippen LogP contribution in [0.3, 0.4) is 0 Å². The minimum Gasteiger partial charge on any atom is -0.490 e. The number of fused-ring (bicyclic) bond motifs is 2. The maximum Gasteiger partial charge on any atom is 0.270 e. The van der Waals surface area contributed by atoms with E-state index in [0.29, 0.717) is 18.2 Å². The number of nitrogens with zero attached hydrogens (tertiary/aromatic N) is 5. The number of nitrogens with one attached hydrogen (secondary N) is 2. The first-order valence-electron chi connectivity index (χ1n) is 24.2. The summed E-state index contributed by atoms with van der Waals surface area (Å²) < 4.78 is 24.4. The maximum absolute atomic E-state index is 14.2. The zero-order valence-corrected chi connectivity index (χ0v) is 41.1. The number of nitro benzene ring substituents is 1. The summed E-state index contributed by atoms with van der Waals surface area (Å²) in [7, 11) is 0. The number of thiazole rings is 1. The SMILES string of the molecule is Cc1ncsc1-c1ccc([C@H](C)NC(=O)[C@@H]2C[C@@H](O)CN2C(=O)C(c2cc(OCCCCCN3CCC(O[C@H]4C[C@H](Oc5ccc6c(c5)Sc5cc([N+](=O)[O-])ccc5N6)C4)CC3)no2)C(C)C)cc1. The highest BCUT2D eigenvalue weighted by atomic mass is 32.2. The first-order valence-corrected chi connectivity index (χ1v) is 25.9. The number of likely N-dealkylation sites (tertiary alicyclic amines) is 2. The maximum atomic E-state index is 14.2. The largest absolute Gasteiger partial charge is 0.490 e. The average molecular weight is 980 g/mol. The fourth-order valence-corrected chi connectivity index (χ4v) is 11.6. The van der Waals surface area contributed by atoms with Crippen LogP contribution >= 0.6 is 23.1 Å². The average Bonchev–Trinajstić information content (AvgIpc) is 4.08. The quantitative estimate of drug-likeness (QED) is 0.0395. The Balaban J connectivity index is 0.654. The standard InChI is InChI=1S/C51H61N7O9S2/c1-30(2)48(51(61)57-28-36(59)23-43(57)50(60)53-31(3)33-8-10-34(11-9-33)49-32(4)52-29-68-49)44-27-47(55-67-44)64-21-7-5-6-18-56-19-16-37(17-20-56)65-39-24-40(25-39)66-38-13-15-42-46(26-38)69-45-22-35(58(62)63)12-14-41(45)54-42/h8-15,22,26-27,29-31,36-37,39-40,43,48,54,59H,5-7,16-21,23-25,28H2,1-4H3,(H,53,60)/t31-,36+,39-,40-,43-,48?/m0/s1. The highest BCUT2D eigenvalue weighted by Gasteiger charge is 2.44. The number of β-amino-alcohol motifs (C(OH)–C–C–N with tert-alkyl or cyclic N) is 1. The number of rotatable bonds is 19. The van der Waals surface area contributed by atoms with E-state index in [-0.39, 0.29) is 65.7 Å². The molecule has 2 amide bonds. The Morgan fingerprint density at radius 1 is 0.957 bits per heavy atom. The Morgan fingerprint density at radius 3 is 2.43 bits per heavy atom. The second kappa shape index (κ2) is 21.6. The van der Waals surface area contributed by atoms with Gasteiger partial charge >= 0.3 is 0 Å². The molecular formula is C51H61N7O9S2. The van der Waals surface area contributed by atoms with Gasteiger partial charge in [0.25, 0.3) is 11.6 Å². The Labute approximate surface area is 410 Å². The second-order valence-electron chi connectivity index (χ2n) is 19.0. The van der Waals surface area contributed by atoms with Gasteiger partial charge in [0, 0.05) is 66.9 Å². The van der Waals surface area contributed by atoms with Crippen LogP contribution in [-0.4, -0.2) is 105 Å². The number of unbranched alkanes of at least 4 members (excludes halogenated alkanes) is 2. The molecule has 2 saturated heterocycles. The molecule has 1 saturated carbocycles. The molecule has 18 heteroatoms. The fraction of sp³-hybridized carbons (Fsp3) is 0.490. The number of non-ortho nitro benzene ring substituents is 1. The van der Waals surface area contributed by atoms with E-state index in [4.69, 9.17) is 18.7 Å². The molecule has 4 aliphatic rings. The summed E-state index contributed by atoms with van der Waals surface area (Å²) in [5.74, 6) is 0.0383. The van der Waals surface area contributed by atoms with Crippen molar-refractivity contribution in [3.8, 4) is 22.1 Å². The summed E-state index contributed by atoms with van der Waals surface area (Å²) in [6, 6.07) is 19.4. The fourth-order valence-electron chi connectivity index (χ4n) is 9.69. The Bertz CT molecular complexity index is 2590. The number of carbonyl (C=O) groups is 2. The molecule has 0 bridgehead atoms. The number of carbonyl (C=O) groups excluding carboxylic acids is 2. The number of piperidine rings is 1. The Kier molecular flexibility index (Phi) is 15.2. The number of nitro groups is 1. The minimum absolute atomic E-state index is 0.0611. The lowest BCUT2D eigenvalue weighted by atomic mass is 9.91. The van der Waals surface area contributed by atoms with Crippen LogP contribution in [0.15, 0.2) is 86.6 Å². The normalized spacial score (nSPS) is 21.2. The van der Waals surface area contributed by atoms with E-state index >= 15 is 0 Å². The summed E-state index contributed by atoms with van der Waals surface area (Å²) >= 11 is 3.10. The van der Waals surface area contributed by atoms with Crippen molar-refractivity contribution in [3.63, 3.8) is 0 Å². The number of amides is 2. The van der Waals surface area contributed by atoms with Crippen molar-refractivity contribution in [2.45, 2.75) is 131 Å². The van der Waals surface area contributed by atoms with Gasteiger partial charge < -0.3 is 44.3 Å². The number of aliphatic hydroxyl groups is 1. The third-order valence-electron chi connectivity index (χ3n) is 13.6. The van der Waals surface area contributed by atoms with Gasteiger partial charge in [-0.15, -0.1) is 11.3 Å². The first-order chi connectivity index (χ1) is 33.3. The molecular weight excluding hydrogens is 919 g/mol. The van der Waals surface area contributed by atoms with Gasteiger partial charge in [-0.1, -0.05) is 49.9 Å². The summed E-state index contributed by atoms with van der Waals surface area (Å²) in [4.78, 5) is 50.0. The molecule has 3 fully saturated rings. The smallest absolute Gasteiger partial charge is 0.270 e. The minimum atomic E-state index is -0.818. The molecule has 2 aromatic heterocycles. The van der Waals surface area contributed by atoms with E-state index in [0.717, 1.165) is 113 Å². The van der Waals surface area contributed by atoms with Crippen LogP contribution in [0.4, 0.5) is 17.1 Å². The van der Waals surface area contributed by atoms with E-state index in [1.807, 2.05) is 75.7 Å². The molecule has 69 heavy (non-hydrogen) atoms. The Morgan fingerprint density at radius 2 is 1.71 bits per heavy atom. The van der Waals surface area contributed by atoms with Crippen molar-refractivity contribution in [1.82, 2.24) is 25.3 Å². The van der Waals surface area contributed by atoms with Gasteiger partial charge in [-0.25, -0.2) is 4.98 Å². The molecule has 0 spiro atoms. The predicted molar refractivity (Wildman–Crippen MR) is 263 cm³/mol. The number of aromatic nitrogens is 2. The van der Waals surface area contributed by atoms with Crippen LogP contribution in [0, 0.1) is 23.0 Å². The first kappa shape index (κ1) is 48.5. The van der Waals surface area contributed by atoms with Gasteiger partial charge in [0.05, 0.1) is 63.3 Å². The lowest BCUT2D eigenvalue weighted by molar-refractivity contribution is -0.385. The van der Waals surface area contributed by atoms with Gasteiger partial charge in [-0.3, -0.25) is 19.7 Å². The number of ether oxygens (including phenoxy) is 3. The molecule has 3 aliphatic heterocycles. The van der Waals surface area contributed by atoms with Crippen LogP contribution in [0.1, 0.15) is 101 Å². The third kappa shape index (κ3) is 11.6. The van der Waals surface area contributed by atoms with Crippen LogP contribution in [0.5, 0.6) is 11.6 Å². The van der Waals surface area contributed by atoms with E-state index in [1.54, 1.807) is 29.5 Å².